The average molecular weight is 1460 g/mol. The first-order valence-corrected chi connectivity index (χ1v) is 39.3. The molecule has 0 bridgehead atoms. The van der Waals surface area contributed by atoms with Crippen LogP contribution in [0.25, 0.3) is 219 Å². The maximum Gasteiger partial charge on any atom is 0.164 e. The third-order valence-electron chi connectivity index (χ3n) is 21.8. The van der Waals surface area contributed by atoms with E-state index in [1.807, 2.05) is 102 Å². The minimum atomic E-state index is 0.586. The second kappa shape index (κ2) is 26.8. The topological polar surface area (TPSA) is 87.2 Å². The van der Waals surface area contributed by atoms with E-state index in [-0.39, 0.29) is 0 Å². The van der Waals surface area contributed by atoms with Gasteiger partial charge in [-0.15, -0.1) is 22.7 Å². The average Bonchev–Trinajstić information content (AvgIpc) is 1.56. The Kier molecular flexibility index (Phi) is 15.5. The van der Waals surface area contributed by atoms with Crippen LogP contribution in [0, 0.1) is 0 Å². The van der Waals surface area contributed by atoms with Gasteiger partial charge in [-0.3, -0.25) is 0 Å². The first kappa shape index (κ1) is 64.7. The molecule has 0 fully saturated rings. The number of fused-ring (bicyclic) bond motifs is 12. The fourth-order valence-corrected chi connectivity index (χ4v) is 19.0. The number of thiophene rings is 2. The van der Waals surface area contributed by atoms with Gasteiger partial charge in [-0.2, -0.15) is 0 Å². The van der Waals surface area contributed by atoms with Gasteiger partial charge in [0.05, 0.1) is 22.1 Å². The molecular weight excluding hydrogens is 1400 g/mol. The molecule has 8 nitrogen and oxygen atoms in total. The summed E-state index contributed by atoms with van der Waals surface area (Å²) in [5.74, 6) is 3.64. The third kappa shape index (κ3) is 11.1. The lowest BCUT2D eigenvalue weighted by atomic mass is 9.93. The molecule has 6 heterocycles. The summed E-state index contributed by atoms with van der Waals surface area (Å²) in [6, 6.07) is 135. The summed E-state index contributed by atoms with van der Waals surface area (Å²) < 4.78 is 10.00. The molecule has 0 atom stereocenters. The Balaban J connectivity index is 0.641. The predicted molar refractivity (Wildman–Crippen MR) is 467 cm³/mol. The molecule has 22 aromatic rings. The first-order chi connectivity index (χ1) is 55.5. The number of hydrogen-bond acceptors (Lipinski definition) is 8. The van der Waals surface area contributed by atoms with Gasteiger partial charge in [-0.1, -0.05) is 303 Å². The SMILES string of the molecule is c1ccc(-c2nc(-c3ccccc3)nc(-c3cccc(-c4cccc(-n5c6ccccc6c6cc(-c7ccc(-c8cccc(-c9nc(-c%10ccccc%10)nc(-c%10cccc(-n%11c%12ccccc%12c%12cccc(-c%13cccc%14c%13sc%13ccccc%13%14)c%12%11)c%10)n9)c8)cc7)cc(-c7cccc8c7sc7ccccc78)c65)c4)c3)n2)cc1. The molecule has 0 N–H and O–H groups in total. The molecule has 522 valence electrons. The summed E-state index contributed by atoms with van der Waals surface area (Å²) in [7, 11) is 0. The highest BCUT2D eigenvalue weighted by Crippen LogP contribution is 2.49. The minimum Gasteiger partial charge on any atom is -0.309 e. The van der Waals surface area contributed by atoms with Gasteiger partial charge < -0.3 is 9.13 Å². The van der Waals surface area contributed by atoms with Crippen molar-refractivity contribution in [2.75, 3.05) is 0 Å². The fourth-order valence-electron chi connectivity index (χ4n) is 16.6. The summed E-state index contributed by atoms with van der Waals surface area (Å²) in [5.41, 5.74) is 23.3. The van der Waals surface area contributed by atoms with Crippen molar-refractivity contribution in [3.05, 3.63) is 376 Å². The standard InChI is InChI=1S/C102H62N8S2/c1-4-25-65(26-5-1)97-103-98(66-27-6-2-7-28-66)105-100(104-97)72-35-19-32-69(58-72)70-33-20-37-75(59-70)110-90-50-15-11-40-78(90)87-61-74(62-88(94(87)110)86-48-24-46-84-80-42-13-17-52-92(80)112-96(84)86)64-55-53-63(54-56-64)68-31-18-34-71(57-68)101-106-99(67-29-8-3-9-30-67)107-102(108-101)73-36-21-38-76(60-73)109-89-49-14-10-39-77(89)81-43-22-44-82(93(81)109)85-47-23-45-83-79-41-12-16-51-91(79)111-95(83)85/h1-62H. The molecule has 0 aliphatic rings. The number of rotatable bonds is 13. The molecule has 22 rings (SSSR count). The van der Waals surface area contributed by atoms with Crippen LogP contribution in [0.3, 0.4) is 0 Å². The van der Waals surface area contributed by atoms with Crippen molar-refractivity contribution in [3.8, 4) is 135 Å². The first-order valence-electron chi connectivity index (χ1n) is 37.6. The van der Waals surface area contributed by atoms with Gasteiger partial charge in [-0.25, -0.2) is 29.9 Å². The van der Waals surface area contributed by atoms with E-state index in [1.54, 1.807) is 0 Å². The number of hydrogen-bond donors (Lipinski definition) is 0. The maximum atomic E-state index is 5.40. The van der Waals surface area contributed by atoms with Crippen LogP contribution in [-0.4, -0.2) is 39.0 Å². The van der Waals surface area contributed by atoms with Crippen molar-refractivity contribution in [1.82, 2.24) is 39.0 Å². The van der Waals surface area contributed by atoms with E-state index < -0.39 is 0 Å². The van der Waals surface area contributed by atoms with Crippen LogP contribution in [-0.2, 0) is 0 Å². The molecule has 0 aliphatic carbocycles. The minimum absolute atomic E-state index is 0.586. The zero-order chi connectivity index (χ0) is 73.7. The molecule has 0 saturated heterocycles. The molecule has 16 aromatic carbocycles. The molecular formula is C102H62N8S2. The van der Waals surface area contributed by atoms with Crippen LogP contribution in [0.1, 0.15) is 0 Å². The quantitative estimate of drug-likeness (QED) is 0.114. The van der Waals surface area contributed by atoms with Crippen LogP contribution < -0.4 is 0 Å². The molecule has 0 aliphatic heterocycles. The zero-order valence-electron chi connectivity index (χ0n) is 60.2. The van der Waals surface area contributed by atoms with Crippen LogP contribution in [0.4, 0.5) is 0 Å². The summed E-state index contributed by atoms with van der Waals surface area (Å²) in [6.45, 7) is 0. The van der Waals surface area contributed by atoms with E-state index in [2.05, 4.69) is 306 Å². The highest BCUT2D eigenvalue weighted by Gasteiger charge is 2.25. The Labute approximate surface area is 652 Å². The molecule has 112 heavy (non-hydrogen) atoms. The fraction of sp³-hybridized carbons (Fsp3) is 0. The van der Waals surface area contributed by atoms with Gasteiger partial charge in [0.15, 0.2) is 34.9 Å². The van der Waals surface area contributed by atoms with Crippen molar-refractivity contribution in [2.45, 2.75) is 0 Å². The monoisotopic (exact) mass is 1460 g/mol. The molecule has 0 radical (unpaired) electrons. The van der Waals surface area contributed by atoms with Crippen molar-refractivity contribution in [1.29, 1.82) is 0 Å². The summed E-state index contributed by atoms with van der Waals surface area (Å²) in [6.07, 6.45) is 0. The van der Waals surface area contributed by atoms with Gasteiger partial charge in [-0.05, 0) is 106 Å². The van der Waals surface area contributed by atoms with Gasteiger partial charge in [0, 0.05) is 129 Å². The smallest absolute Gasteiger partial charge is 0.164 e. The van der Waals surface area contributed by atoms with E-state index in [9.17, 15) is 0 Å². The Morgan fingerprint density at radius 1 is 0.179 bits per heavy atom. The van der Waals surface area contributed by atoms with Crippen molar-refractivity contribution < 1.29 is 0 Å². The van der Waals surface area contributed by atoms with Crippen molar-refractivity contribution >= 4 is 107 Å². The predicted octanol–water partition coefficient (Wildman–Crippen LogP) is 27.3. The molecule has 6 aromatic heterocycles. The van der Waals surface area contributed by atoms with Crippen molar-refractivity contribution in [2.24, 2.45) is 0 Å². The molecule has 10 heteroatoms. The number of para-hydroxylation sites is 3. The van der Waals surface area contributed by atoms with E-state index >= 15 is 0 Å². The Bertz CT molecular complexity index is 7450. The van der Waals surface area contributed by atoms with Gasteiger partial charge in [0.1, 0.15) is 0 Å². The Morgan fingerprint density at radius 2 is 0.500 bits per heavy atom. The second-order valence-corrected chi connectivity index (χ2v) is 30.5. The van der Waals surface area contributed by atoms with Crippen LogP contribution >= 0.6 is 22.7 Å². The maximum absolute atomic E-state index is 5.40. The number of nitrogens with zero attached hydrogens (tertiary/aromatic N) is 8. The molecule has 0 saturated carbocycles. The Hall–Kier alpha value is -14.4. The molecule has 0 spiro atoms. The summed E-state index contributed by atoms with van der Waals surface area (Å²) in [4.78, 5) is 31.2. The van der Waals surface area contributed by atoms with E-state index in [4.69, 9.17) is 29.9 Å². The zero-order valence-corrected chi connectivity index (χ0v) is 61.8. The van der Waals surface area contributed by atoms with Crippen LogP contribution in [0.15, 0.2) is 376 Å². The second-order valence-electron chi connectivity index (χ2n) is 28.4. The lowest BCUT2D eigenvalue weighted by Crippen LogP contribution is -2.01. The highest BCUT2D eigenvalue weighted by molar-refractivity contribution is 7.26. The highest BCUT2D eigenvalue weighted by atomic mass is 32.1. The summed E-state index contributed by atoms with van der Waals surface area (Å²) >= 11 is 3.72. The van der Waals surface area contributed by atoms with Gasteiger partial charge >= 0.3 is 0 Å². The van der Waals surface area contributed by atoms with E-state index in [0.717, 1.165) is 106 Å². The van der Waals surface area contributed by atoms with Crippen LogP contribution in [0.5, 0.6) is 0 Å². The van der Waals surface area contributed by atoms with E-state index in [1.165, 1.54) is 78.6 Å². The van der Waals surface area contributed by atoms with Gasteiger partial charge in [0.2, 0.25) is 0 Å². The molecule has 0 unspecified atom stereocenters. The third-order valence-corrected chi connectivity index (χ3v) is 24.3. The lowest BCUT2D eigenvalue weighted by molar-refractivity contribution is 1.07. The van der Waals surface area contributed by atoms with Crippen molar-refractivity contribution in [3.63, 3.8) is 0 Å². The number of benzene rings is 16. The number of aromatic nitrogens is 8. The lowest BCUT2D eigenvalue weighted by Gasteiger charge is -2.16. The normalized spacial score (nSPS) is 11.8. The van der Waals surface area contributed by atoms with Gasteiger partial charge in [0.25, 0.3) is 0 Å². The summed E-state index contributed by atoms with van der Waals surface area (Å²) in [5, 5.41) is 9.79. The van der Waals surface area contributed by atoms with E-state index in [0.29, 0.717) is 34.9 Å². The molecule has 0 amide bonds. The Morgan fingerprint density at radius 3 is 1.00 bits per heavy atom. The largest absolute Gasteiger partial charge is 0.309 e. The van der Waals surface area contributed by atoms with Crippen LogP contribution in [0.2, 0.25) is 0 Å².